The Kier molecular flexibility index (Phi) is 5.21. The Morgan fingerprint density at radius 3 is 1.38 bits per heavy atom. The first-order valence-corrected chi connectivity index (χ1v) is 6.96. The van der Waals surface area contributed by atoms with Crippen LogP contribution in [0.2, 0.25) is 0 Å². The van der Waals surface area contributed by atoms with E-state index in [9.17, 15) is 0 Å². The molecule has 100 valence electrons. The molecule has 0 radical (unpaired) electrons. The van der Waals surface area contributed by atoms with Crippen molar-refractivity contribution in [1.82, 2.24) is 0 Å². The van der Waals surface area contributed by atoms with Crippen molar-refractivity contribution in [2.24, 2.45) is 0 Å². The maximum atomic E-state index is 2.20. The molecule has 0 bridgehead atoms. The average Bonchev–Trinajstić information content (AvgIpc) is 2.99. The normalized spacial score (nSPS) is 10.0. The third-order valence-corrected chi connectivity index (χ3v) is 3.52. The van der Waals surface area contributed by atoms with Crippen LogP contribution in [0.4, 0.5) is 0 Å². The minimum Gasteiger partial charge on any atom is -0.165 e. The summed E-state index contributed by atoms with van der Waals surface area (Å²) in [5.41, 5.74) is 2.70. The van der Waals surface area contributed by atoms with Gasteiger partial charge in [-0.2, -0.15) is 12.1 Å². The van der Waals surface area contributed by atoms with E-state index in [0.29, 0.717) is 0 Å². The predicted molar refractivity (Wildman–Crippen MR) is 94.3 cm³/mol. The molecule has 0 amide bonds. The number of rotatable bonds is 0. The van der Waals surface area contributed by atoms with Gasteiger partial charge in [0.05, 0.1) is 0 Å². The van der Waals surface area contributed by atoms with Crippen LogP contribution in [0.3, 0.4) is 0 Å². The molecule has 0 heterocycles. The van der Waals surface area contributed by atoms with E-state index in [1.54, 1.807) is 0 Å². The Labute approximate surface area is 142 Å². The summed E-state index contributed by atoms with van der Waals surface area (Å²) in [6, 6.07) is 25.7. The molecule has 0 atom stereocenters. The van der Waals surface area contributed by atoms with Crippen LogP contribution in [-0.4, -0.2) is 23.1 Å². The molecule has 0 spiro atoms. The van der Waals surface area contributed by atoms with Crippen LogP contribution in [0.1, 0.15) is 11.1 Å². The maximum Gasteiger partial charge on any atom is 2.00 e. The van der Waals surface area contributed by atoms with Crippen molar-refractivity contribution in [3.63, 3.8) is 0 Å². The summed E-state index contributed by atoms with van der Waals surface area (Å²) < 4.78 is 0. The third-order valence-electron chi connectivity index (χ3n) is 3.52. The Morgan fingerprint density at radius 1 is 0.619 bits per heavy atom. The number of hydrogen-bond donors (Lipinski definition) is 0. The van der Waals surface area contributed by atoms with Gasteiger partial charge in [-0.05, 0) is 0 Å². The third kappa shape index (κ3) is 3.75. The number of fused-ring (bicyclic) bond motifs is 2. The minimum atomic E-state index is 0. The van der Waals surface area contributed by atoms with E-state index in [1.807, 2.05) is 0 Å². The van der Waals surface area contributed by atoms with Gasteiger partial charge in [-0.1, -0.05) is 26.0 Å². The van der Waals surface area contributed by atoms with Gasteiger partial charge in [-0.15, -0.1) is 81.2 Å². The summed E-state index contributed by atoms with van der Waals surface area (Å²) in [4.78, 5) is 0. The molecule has 21 heavy (non-hydrogen) atoms. The molecule has 0 N–H and O–H groups in total. The zero-order chi connectivity index (χ0) is 13.9. The van der Waals surface area contributed by atoms with E-state index in [2.05, 4.69) is 86.6 Å². The van der Waals surface area contributed by atoms with Gasteiger partial charge >= 0.3 is 23.1 Å². The Bertz CT molecular complexity index is 695. The first-order valence-electron chi connectivity index (χ1n) is 6.96. The van der Waals surface area contributed by atoms with Gasteiger partial charge in [0, 0.05) is 0 Å². The Hall–Kier alpha value is -1.57. The number of aryl methyl sites for hydroxylation is 2. The molecule has 4 rings (SSSR count). The summed E-state index contributed by atoms with van der Waals surface area (Å²) in [6.07, 6.45) is 0. The van der Waals surface area contributed by atoms with Crippen molar-refractivity contribution in [3.05, 3.63) is 83.9 Å². The van der Waals surface area contributed by atoms with Gasteiger partial charge < -0.3 is 0 Å². The largest absolute Gasteiger partial charge is 2.00 e. The Balaban J connectivity index is 0.000000147. The Morgan fingerprint density at radius 2 is 1.00 bits per heavy atom. The molecule has 0 aliphatic heterocycles. The fraction of sp³-hybridized carbons (Fsp3) is 0.100. The molecule has 0 fully saturated rings. The van der Waals surface area contributed by atoms with E-state index in [4.69, 9.17) is 0 Å². The molecule has 0 saturated heterocycles. The fourth-order valence-corrected chi connectivity index (χ4v) is 2.61. The molecular formula is C20H18Mg. The molecule has 0 saturated carbocycles. The van der Waals surface area contributed by atoms with Crippen molar-refractivity contribution in [2.75, 3.05) is 0 Å². The second kappa shape index (κ2) is 6.92. The van der Waals surface area contributed by atoms with Gasteiger partial charge in [0.15, 0.2) is 0 Å². The second-order valence-corrected chi connectivity index (χ2v) is 5.32. The van der Waals surface area contributed by atoms with E-state index in [-0.39, 0.29) is 23.1 Å². The first kappa shape index (κ1) is 15.8. The van der Waals surface area contributed by atoms with Crippen molar-refractivity contribution < 1.29 is 0 Å². The summed E-state index contributed by atoms with van der Waals surface area (Å²) in [5, 5.41) is 5.39. The molecule has 0 aliphatic carbocycles. The zero-order valence-corrected chi connectivity index (χ0v) is 14.0. The quantitative estimate of drug-likeness (QED) is 0.301. The molecule has 0 aliphatic rings. The fourth-order valence-electron chi connectivity index (χ4n) is 2.61. The van der Waals surface area contributed by atoms with Crippen molar-refractivity contribution in [3.8, 4) is 0 Å². The van der Waals surface area contributed by atoms with Crippen LogP contribution in [0.25, 0.3) is 21.5 Å². The topological polar surface area (TPSA) is 0 Å². The van der Waals surface area contributed by atoms with Gasteiger partial charge in [-0.3, -0.25) is 0 Å². The monoisotopic (exact) mass is 282 g/mol. The summed E-state index contributed by atoms with van der Waals surface area (Å²) >= 11 is 0. The summed E-state index contributed by atoms with van der Waals surface area (Å²) in [7, 11) is 0. The number of benzene rings is 2. The smallest absolute Gasteiger partial charge is 0.165 e. The molecular weight excluding hydrogens is 265 g/mol. The molecule has 1 heteroatoms. The predicted octanol–water partition coefficient (Wildman–Crippen LogP) is 5.35. The minimum absolute atomic E-state index is 0. The van der Waals surface area contributed by atoms with Crippen LogP contribution in [0.15, 0.2) is 72.8 Å². The van der Waals surface area contributed by atoms with Crippen molar-refractivity contribution in [2.45, 2.75) is 13.8 Å². The molecule has 4 aromatic rings. The van der Waals surface area contributed by atoms with Gasteiger partial charge in [-0.25, -0.2) is 0 Å². The maximum absolute atomic E-state index is 2.20. The van der Waals surface area contributed by atoms with Crippen LogP contribution in [0.5, 0.6) is 0 Å². The standard InChI is InChI=1S/2C10H9.Mg/c2*1-8-6-9-4-2-3-5-10(9)7-8;/h2*2-7H,1H3;/q2*-1;+2. The second-order valence-electron chi connectivity index (χ2n) is 5.32. The van der Waals surface area contributed by atoms with E-state index < -0.39 is 0 Å². The summed E-state index contributed by atoms with van der Waals surface area (Å²) in [6.45, 7) is 4.25. The zero-order valence-electron chi connectivity index (χ0n) is 12.6. The molecule has 4 aromatic carbocycles. The van der Waals surface area contributed by atoms with E-state index in [0.717, 1.165) is 0 Å². The summed E-state index contributed by atoms with van der Waals surface area (Å²) in [5.74, 6) is 0. The first-order chi connectivity index (χ1) is 9.72. The van der Waals surface area contributed by atoms with Gasteiger partial charge in [0.1, 0.15) is 0 Å². The van der Waals surface area contributed by atoms with Crippen LogP contribution < -0.4 is 0 Å². The van der Waals surface area contributed by atoms with Crippen LogP contribution in [-0.2, 0) is 0 Å². The van der Waals surface area contributed by atoms with E-state index in [1.165, 1.54) is 32.7 Å². The van der Waals surface area contributed by atoms with Crippen LogP contribution in [0, 0.1) is 13.8 Å². The van der Waals surface area contributed by atoms with E-state index >= 15 is 0 Å². The molecule has 0 aromatic heterocycles. The van der Waals surface area contributed by atoms with Crippen molar-refractivity contribution in [1.29, 1.82) is 0 Å². The molecule has 0 unspecified atom stereocenters. The average molecular weight is 283 g/mol. The molecule has 0 nitrogen and oxygen atoms in total. The van der Waals surface area contributed by atoms with Gasteiger partial charge in [0.2, 0.25) is 0 Å². The number of hydrogen-bond acceptors (Lipinski definition) is 0. The van der Waals surface area contributed by atoms with Gasteiger partial charge in [0.25, 0.3) is 0 Å². The van der Waals surface area contributed by atoms with Crippen molar-refractivity contribution >= 4 is 44.6 Å². The van der Waals surface area contributed by atoms with Crippen LogP contribution >= 0.6 is 0 Å². The SMILES string of the molecule is Cc1cc2ccccc2[cH-]1.Cc1cc2ccccc2[cH-]1.[Mg+2].